The average molecular weight is 266 g/mol. The number of nitrogens with two attached hydrogens (primary N) is 1. The zero-order chi connectivity index (χ0) is 13.1. The largest absolute Gasteiger partial charge is 0.463 e. The summed E-state index contributed by atoms with van der Waals surface area (Å²) in [4.78, 5) is 3.49. The molecule has 0 amide bonds. The number of hydrogen-bond acceptors (Lipinski definition) is 4. The Morgan fingerprint density at radius 2 is 2.24 bits per heavy atom. The van der Waals surface area contributed by atoms with Gasteiger partial charge in [0, 0.05) is 0 Å². The molecule has 0 atom stereocenters. The molecular formula is C9H7ClF3N3O. The number of rotatable bonds is 3. The number of halogens is 4. The van der Waals surface area contributed by atoms with Crippen LogP contribution < -0.4 is 16.0 Å². The Morgan fingerprint density at radius 1 is 1.59 bits per heavy atom. The van der Waals surface area contributed by atoms with Crippen LogP contribution in [0.1, 0.15) is 5.56 Å². The Labute approximate surface area is 99.9 Å². The third-order valence-electron chi connectivity index (χ3n) is 1.68. The van der Waals surface area contributed by atoms with E-state index in [1.54, 1.807) is 0 Å². The highest BCUT2D eigenvalue weighted by atomic mass is 35.5. The number of hydrazine groups is 1. The normalized spacial score (nSPS) is 10.8. The second kappa shape index (κ2) is 5.12. The van der Waals surface area contributed by atoms with E-state index in [1.165, 1.54) is 0 Å². The Kier molecular flexibility index (Phi) is 4.04. The van der Waals surface area contributed by atoms with Gasteiger partial charge in [-0.15, -0.1) is 6.42 Å². The van der Waals surface area contributed by atoms with E-state index in [0.29, 0.717) is 6.07 Å². The van der Waals surface area contributed by atoms with Crippen molar-refractivity contribution in [3.05, 3.63) is 16.7 Å². The molecule has 0 bridgehead atoms. The highest BCUT2D eigenvalue weighted by Gasteiger charge is 2.35. The number of anilines is 1. The fraction of sp³-hybridized carbons (Fsp3) is 0.222. The van der Waals surface area contributed by atoms with Crippen LogP contribution in [0.2, 0.25) is 5.02 Å². The van der Waals surface area contributed by atoms with Crippen LogP contribution in [-0.4, -0.2) is 11.6 Å². The van der Waals surface area contributed by atoms with Crippen molar-refractivity contribution in [2.75, 3.05) is 12.0 Å². The van der Waals surface area contributed by atoms with Crippen LogP contribution in [0, 0.1) is 12.3 Å². The molecular weight excluding hydrogens is 259 g/mol. The van der Waals surface area contributed by atoms with Gasteiger partial charge in [0.2, 0.25) is 5.88 Å². The molecule has 4 nitrogen and oxygen atoms in total. The molecule has 0 saturated carbocycles. The molecule has 3 N–H and O–H groups in total. The summed E-state index contributed by atoms with van der Waals surface area (Å²) in [6.07, 6.45) is 0.308. The quantitative estimate of drug-likeness (QED) is 0.499. The number of alkyl halides is 3. The van der Waals surface area contributed by atoms with Crippen LogP contribution in [0.3, 0.4) is 0 Å². The van der Waals surface area contributed by atoms with Gasteiger partial charge in [-0.1, -0.05) is 17.5 Å². The number of terminal acetylenes is 1. The second-order valence-corrected chi connectivity index (χ2v) is 3.21. The van der Waals surface area contributed by atoms with Crippen LogP contribution in [0.5, 0.6) is 5.88 Å². The first-order valence-corrected chi connectivity index (χ1v) is 4.58. The monoisotopic (exact) mass is 265 g/mol. The van der Waals surface area contributed by atoms with E-state index in [-0.39, 0.29) is 17.5 Å². The van der Waals surface area contributed by atoms with Gasteiger partial charge < -0.3 is 10.2 Å². The van der Waals surface area contributed by atoms with Crippen molar-refractivity contribution in [3.63, 3.8) is 0 Å². The molecule has 1 heterocycles. The van der Waals surface area contributed by atoms with Crippen molar-refractivity contribution in [2.45, 2.75) is 6.18 Å². The molecule has 0 spiro atoms. The minimum atomic E-state index is -4.62. The molecule has 8 heteroatoms. The van der Waals surface area contributed by atoms with E-state index >= 15 is 0 Å². The van der Waals surface area contributed by atoms with Gasteiger partial charge in [0.1, 0.15) is 10.6 Å². The number of nitrogens with zero attached hydrogens (tertiary/aromatic N) is 1. The minimum absolute atomic E-state index is 0.165. The van der Waals surface area contributed by atoms with Crippen LogP contribution in [0.15, 0.2) is 6.07 Å². The SMILES string of the molecule is C#CCOc1nc(NN)c(C(F)(F)F)cc1Cl. The molecule has 1 rings (SSSR count). The van der Waals surface area contributed by atoms with Crippen molar-refractivity contribution in [1.82, 2.24) is 4.98 Å². The van der Waals surface area contributed by atoms with Crippen LogP contribution in [-0.2, 0) is 6.18 Å². The van der Waals surface area contributed by atoms with Gasteiger partial charge >= 0.3 is 6.18 Å². The minimum Gasteiger partial charge on any atom is -0.463 e. The van der Waals surface area contributed by atoms with E-state index in [2.05, 4.69) is 10.9 Å². The van der Waals surface area contributed by atoms with Crippen LogP contribution in [0.4, 0.5) is 19.0 Å². The topological polar surface area (TPSA) is 60.2 Å². The molecule has 1 aromatic heterocycles. The number of ether oxygens (including phenoxy) is 1. The summed E-state index contributed by atoms with van der Waals surface area (Å²) in [5, 5.41) is -0.299. The van der Waals surface area contributed by atoms with Crippen molar-refractivity contribution in [3.8, 4) is 18.2 Å². The first-order valence-electron chi connectivity index (χ1n) is 4.20. The Balaban J connectivity index is 3.21. The maximum Gasteiger partial charge on any atom is 0.420 e. The van der Waals surface area contributed by atoms with E-state index < -0.39 is 17.6 Å². The lowest BCUT2D eigenvalue weighted by Crippen LogP contribution is -2.17. The predicted octanol–water partition coefficient (Wildman–Crippen LogP) is 2.05. The standard InChI is InChI=1S/C9H7ClF3N3O/c1-2-3-17-8-6(10)4-5(9(11,12)13)7(15-8)16-14/h1,4H,3,14H2,(H,15,16). The van der Waals surface area contributed by atoms with Gasteiger partial charge in [-0.05, 0) is 6.07 Å². The molecule has 92 valence electrons. The van der Waals surface area contributed by atoms with Gasteiger partial charge in [-0.25, -0.2) is 5.84 Å². The lowest BCUT2D eigenvalue weighted by atomic mass is 10.2. The Bertz CT molecular complexity index is 456. The summed E-state index contributed by atoms with van der Waals surface area (Å²) in [6, 6.07) is 0.662. The first kappa shape index (κ1) is 13.4. The highest BCUT2D eigenvalue weighted by molar-refractivity contribution is 6.32. The van der Waals surface area contributed by atoms with Crippen LogP contribution >= 0.6 is 11.6 Å². The van der Waals surface area contributed by atoms with E-state index in [0.717, 1.165) is 0 Å². The highest BCUT2D eigenvalue weighted by Crippen LogP contribution is 2.37. The number of nitrogens with one attached hydrogen (secondary N) is 1. The van der Waals surface area contributed by atoms with Gasteiger partial charge in [0.05, 0.1) is 0 Å². The summed E-state index contributed by atoms with van der Waals surface area (Å²) in [5.41, 5.74) is 0.740. The van der Waals surface area contributed by atoms with E-state index in [9.17, 15) is 13.2 Å². The molecule has 17 heavy (non-hydrogen) atoms. The number of nitrogen functional groups attached to an aromatic ring is 1. The third-order valence-corrected chi connectivity index (χ3v) is 1.95. The molecule has 1 aromatic rings. The third kappa shape index (κ3) is 3.15. The summed E-state index contributed by atoms with van der Waals surface area (Å²) in [7, 11) is 0. The maximum absolute atomic E-state index is 12.5. The van der Waals surface area contributed by atoms with Gasteiger partial charge in [-0.3, -0.25) is 0 Å². The summed E-state index contributed by atoms with van der Waals surface area (Å²) in [5.74, 6) is 6.27. The van der Waals surface area contributed by atoms with Crippen molar-refractivity contribution >= 4 is 17.4 Å². The van der Waals surface area contributed by atoms with E-state index in [1.807, 2.05) is 5.43 Å². The predicted molar refractivity (Wildman–Crippen MR) is 56.4 cm³/mol. The fourth-order valence-corrected chi connectivity index (χ4v) is 1.22. The average Bonchev–Trinajstić information content (AvgIpc) is 2.25. The molecule has 0 unspecified atom stereocenters. The Morgan fingerprint density at radius 3 is 2.71 bits per heavy atom. The maximum atomic E-state index is 12.5. The smallest absolute Gasteiger partial charge is 0.420 e. The molecule has 0 aliphatic rings. The molecule has 0 aliphatic carbocycles. The van der Waals surface area contributed by atoms with Crippen molar-refractivity contribution < 1.29 is 17.9 Å². The summed E-state index contributed by atoms with van der Waals surface area (Å²) >= 11 is 5.58. The number of aromatic nitrogens is 1. The van der Waals surface area contributed by atoms with Gasteiger partial charge in [0.25, 0.3) is 0 Å². The zero-order valence-electron chi connectivity index (χ0n) is 8.31. The number of pyridine rings is 1. The number of hydrogen-bond donors (Lipinski definition) is 2. The molecule has 0 saturated heterocycles. The lowest BCUT2D eigenvalue weighted by Gasteiger charge is -2.13. The molecule has 0 fully saturated rings. The summed E-state index contributed by atoms with van der Waals surface area (Å²) in [6.45, 7) is -0.165. The second-order valence-electron chi connectivity index (χ2n) is 2.81. The van der Waals surface area contributed by atoms with Crippen molar-refractivity contribution in [1.29, 1.82) is 0 Å². The lowest BCUT2D eigenvalue weighted by molar-refractivity contribution is -0.137. The van der Waals surface area contributed by atoms with Crippen molar-refractivity contribution in [2.24, 2.45) is 5.84 Å². The molecule has 0 aliphatic heterocycles. The summed E-state index contributed by atoms with van der Waals surface area (Å²) < 4.78 is 42.4. The molecule has 0 aromatic carbocycles. The van der Waals surface area contributed by atoms with E-state index in [4.69, 9.17) is 28.6 Å². The zero-order valence-corrected chi connectivity index (χ0v) is 9.06. The van der Waals surface area contributed by atoms with Gasteiger partial charge in [0.15, 0.2) is 12.4 Å². The van der Waals surface area contributed by atoms with Gasteiger partial charge in [-0.2, -0.15) is 18.2 Å². The molecule has 0 radical (unpaired) electrons. The Hall–Kier alpha value is -1.65. The first-order chi connectivity index (χ1) is 7.90. The fourth-order valence-electron chi connectivity index (χ4n) is 1.01. The van der Waals surface area contributed by atoms with Crippen LogP contribution in [0.25, 0.3) is 0 Å².